The highest BCUT2D eigenvalue weighted by atomic mass is 35.5. The lowest BCUT2D eigenvalue weighted by molar-refractivity contribution is 0.0476. The second-order valence-electron chi connectivity index (χ2n) is 8.25. The molecule has 3 rings (SSSR count). The Morgan fingerprint density at radius 3 is 2.81 bits per heavy atom. The monoisotopic (exact) mass is 478 g/mol. The van der Waals surface area contributed by atoms with E-state index in [1.807, 2.05) is 17.5 Å². The largest absolute Gasteiger partial charge is 0.456 e. The maximum Gasteiger partial charge on any atom is 0.407 e. The second kappa shape index (κ2) is 9.76. The van der Waals surface area contributed by atoms with Gasteiger partial charge in [-0.15, -0.1) is 11.3 Å². The summed E-state index contributed by atoms with van der Waals surface area (Å²) in [6.45, 7) is 7.00. The van der Waals surface area contributed by atoms with E-state index in [-0.39, 0.29) is 28.4 Å². The first-order valence-electron chi connectivity index (χ1n) is 9.99. The molecule has 0 aliphatic carbocycles. The molecule has 2 N–H and O–H groups in total. The van der Waals surface area contributed by atoms with Crippen molar-refractivity contribution >= 4 is 45.8 Å². The summed E-state index contributed by atoms with van der Waals surface area (Å²) in [5.41, 5.74) is 0.625. The molecule has 0 saturated carbocycles. The maximum atomic E-state index is 14.3. The number of alkyl carbamates (subject to hydrolysis) is 1. The fourth-order valence-electron chi connectivity index (χ4n) is 3.05. The molecule has 3 heterocycles. The maximum absolute atomic E-state index is 14.3. The molecule has 10 heteroatoms. The van der Waals surface area contributed by atoms with Crippen molar-refractivity contribution < 1.29 is 18.3 Å². The van der Waals surface area contributed by atoms with Crippen LogP contribution in [0.4, 0.5) is 14.9 Å². The molecule has 0 saturated heterocycles. The molecule has 170 valence electrons. The summed E-state index contributed by atoms with van der Waals surface area (Å²) in [7, 11) is 0. The van der Waals surface area contributed by atoms with Gasteiger partial charge in [0.1, 0.15) is 39.8 Å². The van der Waals surface area contributed by atoms with Gasteiger partial charge in [0.25, 0.3) is 0 Å². The van der Waals surface area contributed by atoms with E-state index >= 15 is 0 Å². The third-order valence-corrected chi connectivity index (χ3v) is 5.56. The lowest BCUT2D eigenvalue weighted by atomic mass is 10.1. The molecular formula is C22H24ClFN4O3S. The van der Waals surface area contributed by atoms with Crippen molar-refractivity contribution in [2.45, 2.75) is 58.5 Å². The molecule has 7 nitrogen and oxygen atoms in total. The summed E-state index contributed by atoms with van der Waals surface area (Å²) in [4.78, 5) is 17.5. The summed E-state index contributed by atoms with van der Waals surface area (Å²) in [5.74, 6) is 0.210. The van der Waals surface area contributed by atoms with Crippen molar-refractivity contribution in [1.82, 2.24) is 10.3 Å². The van der Waals surface area contributed by atoms with Crippen molar-refractivity contribution in [3.8, 4) is 6.07 Å². The summed E-state index contributed by atoms with van der Waals surface area (Å²) < 4.78 is 25.5. The van der Waals surface area contributed by atoms with Crippen LogP contribution in [-0.4, -0.2) is 28.9 Å². The molecule has 0 aromatic carbocycles. The smallest absolute Gasteiger partial charge is 0.407 e. The van der Waals surface area contributed by atoms with Crippen molar-refractivity contribution in [3.63, 3.8) is 0 Å². The predicted octanol–water partition coefficient (Wildman–Crippen LogP) is 5.82. The first-order chi connectivity index (χ1) is 15.1. The van der Waals surface area contributed by atoms with Crippen LogP contribution in [0.3, 0.4) is 0 Å². The Morgan fingerprint density at radius 2 is 2.22 bits per heavy atom. The van der Waals surface area contributed by atoms with Gasteiger partial charge >= 0.3 is 6.09 Å². The van der Waals surface area contributed by atoms with Crippen molar-refractivity contribution in [2.24, 2.45) is 0 Å². The van der Waals surface area contributed by atoms with Gasteiger partial charge in [0.2, 0.25) is 0 Å². The van der Waals surface area contributed by atoms with E-state index < -0.39 is 23.9 Å². The minimum Gasteiger partial charge on any atom is -0.456 e. The average Bonchev–Trinajstić information content (AvgIpc) is 3.31. The van der Waals surface area contributed by atoms with Crippen LogP contribution in [0.2, 0.25) is 5.15 Å². The molecule has 0 aliphatic rings. The number of fused-ring (bicyclic) bond motifs is 1. The number of furan rings is 1. The summed E-state index contributed by atoms with van der Waals surface area (Å²) >= 11 is 7.77. The average molecular weight is 479 g/mol. The van der Waals surface area contributed by atoms with Crippen LogP contribution in [0.1, 0.15) is 43.9 Å². The molecule has 1 amide bonds. The molecule has 0 spiro atoms. The number of halogens is 2. The van der Waals surface area contributed by atoms with E-state index in [1.165, 1.54) is 6.92 Å². The number of amides is 1. The van der Waals surface area contributed by atoms with Crippen LogP contribution in [-0.2, 0) is 17.7 Å². The third-order valence-electron chi connectivity index (χ3n) is 4.49. The molecule has 2 atom stereocenters. The normalized spacial score (nSPS) is 13.4. The number of ether oxygens (including phenoxy) is 1. The fraction of sp³-hybridized carbons (Fsp3) is 0.409. The molecule has 3 aromatic rings. The minimum atomic E-state index is -1.42. The topological polar surface area (TPSA) is 100 Å². The van der Waals surface area contributed by atoms with Gasteiger partial charge in [0.05, 0.1) is 11.7 Å². The number of alkyl halides is 1. The minimum absolute atomic E-state index is 0.0574. The van der Waals surface area contributed by atoms with Gasteiger partial charge in [-0.05, 0) is 39.1 Å². The van der Waals surface area contributed by atoms with E-state index in [0.717, 1.165) is 4.88 Å². The molecule has 32 heavy (non-hydrogen) atoms. The highest BCUT2D eigenvalue weighted by Gasteiger charge is 2.28. The van der Waals surface area contributed by atoms with Gasteiger partial charge in [0, 0.05) is 23.9 Å². The van der Waals surface area contributed by atoms with Crippen molar-refractivity contribution in [3.05, 3.63) is 44.9 Å². The van der Waals surface area contributed by atoms with Crippen LogP contribution in [0, 0.1) is 11.3 Å². The lowest BCUT2D eigenvalue weighted by Crippen LogP contribution is -2.44. The highest BCUT2D eigenvalue weighted by Crippen LogP contribution is 2.33. The Hall–Kier alpha value is -2.83. The highest BCUT2D eigenvalue weighted by molar-refractivity contribution is 7.09. The second-order valence-corrected chi connectivity index (χ2v) is 9.67. The number of nitriles is 1. The standard InChI is InChI=1S/C22H24ClFN4O3S/c1-12(24)15(27-21(29)31-22(2,3)4)8-17-14(10-25)19-20(30-17)16(9-18(23)28-19)26-11-13-6-5-7-32-13/h5-7,9,12,15H,8,11H2,1-4H3,(H,26,28)(H,27,29). The lowest BCUT2D eigenvalue weighted by Gasteiger charge is -2.24. The number of carbonyl (C=O) groups is 1. The quantitative estimate of drug-likeness (QED) is 0.415. The third kappa shape index (κ3) is 5.90. The van der Waals surface area contributed by atoms with Crippen LogP contribution < -0.4 is 10.6 Å². The van der Waals surface area contributed by atoms with Gasteiger partial charge < -0.3 is 19.8 Å². The van der Waals surface area contributed by atoms with Crippen LogP contribution in [0.25, 0.3) is 11.1 Å². The Kier molecular flexibility index (Phi) is 7.26. The van der Waals surface area contributed by atoms with Gasteiger partial charge in [-0.1, -0.05) is 17.7 Å². The number of carbonyl (C=O) groups excluding carboxylic acids is 1. The van der Waals surface area contributed by atoms with Gasteiger partial charge in [-0.25, -0.2) is 14.2 Å². The van der Waals surface area contributed by atoms with Crippen LogP contribution in [0.5, 0.6) is 0 Å². The first-order valence-corrected chi connectivity index (χ1v) is 11.2. The number of nitrogens with zero attached hydrogens (tertiary/aromatic N) is 2. The fourth-order valence-corrected chi connectivity index (χ4v) is 3.89. The van der Waals surface area contributed by atoms with E-state index in [9.17, 15) is 14.4 Å². The molecular weight excluding hydrogens is 455 g/mol. The van der Waals surface area contributed by atoms with E-state index in [2.05, 4.69) is 21.7 Å². The number of hydrogen-bond acceptors (Lipinski definition) is 7. The number of hydrogen-bond donors (Lipinski definition) is 2. The zero-order valence-electron chi connectivity index (χ0n) is 18.2. The van der Waals surface area contributed by atoms with Crippen LogP contribution in [0.15, 0.2) is 28.0 Å². The summed E-state index contributed by atoms with van der Waals surface area (Å²) in [5, 5.41) is 17.7. The molecule has 3 aromatic heterocycles. The SMILES string of the molecule is CC(F)C(Cc1oc2c(NCc3cccs3)cc(Cl)nc2c1C#N)NC(=O)OC(C)(C)C. The van der Waals surface area contributed by atoms with E-state index in [0.29, 0.717) is 17.8 Å². The molecule has 0 radical (unpaired) electrons. The molecule has 0 aliphatic heterocycles. The van der Waals surface area contributed by atoms with Gasteiger partial charge in [-0.3, -0.25) is 0 Å². The van der Waals surface area contributed by atoms with E-state index in [4.69, 9.17) is 20.8 Å². The van der Waals surface area contributed by atoms with Crippen molar-refractivity contribution in [1.29, 1.82) is 5.26 Å². The zero-order valence-corrected chi connectivity index (χ0v) is 19.7. The number of rotatable bonds is 7. The predicted molar refractivity (Wildman–Crippen MR) is 123 cm³/mol. The molecule has 0 bridgehead atoms. The zero-order chi connectivity index (χ0) is 23.5. The molecule has 2 unspecified atom stereocenters. The molecule has 0 fully saturated rings. The Morgan fingerprint density at radius 1 is 1.47 bits per heavy atom. The Labute approximate surface area is 194 Å². The van der Waals surface area contributed by atoms with Crippen molar-refractivity contribution in [2.75, 3.05) is 5.32 Å². The van der Waals surface area contributed by atoms with Gasteiger partial charge in [-0.2, -0.15) is 5.26 Å². The first kappa shape index (κ1) is 23.8. The number of nitrogens with one attached hydrogen (secondary N) is 2. The van der Waals surface area contributed by atoms with Crippen LogP contribution >= 0.6 is 22.9 Å². The number of pyridine rings is 1. The summed E-state index contributed by atoms with van der Waals surface area (Å²) in [6.07, 6.45) is -2.23. The van der Waals surface area contributed by atoms with Gasteiger partial charge in [0.15, 0.2) is 5.58 Å². The number of anilines is 1. The summed E-state index contributed by atoms with van der Waals surface area (Å²) in [6, 6.07) is 6.66. The Bertz CT molecular complexity index is 1130. The Balaban J connectivity index is 1.90. The number of thiophene rings is 1. The van der Waals surface area contributed by atoms with E-state index in [1.54, 1.807) is 38.2 Å². The number of aromatic nitrogens is 1.